The molecule has 0 bridgehead atoms. The molecule has 0 radical (unpaired) electrons. The molecule has 5 rings (SSSR count). The number of ether oxygens (including phenoxy) is 6. The van der Waals surface area contributed by atoms with Crippen molar-refractivity contribution < 1.29 is 32.8 Å². The number of methoxy groups -OCH3 is 3. The van der Waals surface area contributed by atoms with Crippen molar-refractivity contribution in [2.45, 2.75) is 65.4 Å². The van der Waals surface area contributed by atoms with Crippen molar-refractivity contribution in [3.8, 4) is 22.3 Å². The number of halogens is 1. The van der Waals surface area contributed by atoms with Gasteiger partial charge in [0.1, 0.15) is 5.82 Å². The van der Waals surface area contributed by atoms with E-state index >= 15 is 4.39 Å². The monoisotopic (exact) mass is 648 g/mol. The van der Waals surface area contributed by atoms with E-state index in [1.54, 1.807) is 27.4 Å². The minimum absolute atomic E-state index is 0.0901. The molecule has 0 aliphatic heterocycles. The second-order valence-corrected chi connectivity index (χ2v) is 13.9. The van der Waals surface area contributed by atoms with Gasteiger partial charge in [0.05, 0.1) is 46.2 Å². The summed E-state index contributed by atoms with van der Waals surface area (Å²) in [6.45, 7) is 13.7. The second-order valence-electron chi connectivity index (χ2n) is 13.9. The molecule has 0 amide bonds. The maximum absolute atomic E-state index is 15.3. The van der Waals surface area contributed by atoms with Gasteiger partial charge in [0.15, 0.2) is 0 Å². The minimum atomic E-state index is -0.205. The van der Waals surface area contributed by atoms with Crippen LogP contribution in [0.4, 0.5) is 4.39 Å². The van der Waals surface area contributed by atoms with E-state index in [9.17, 15) is 0 Å². The molecular formula is C40H53FO6. The molecule has 0 atom stereocenters. The van der Waals surface area contributed by atoms with Crippen LogP contribution in [0.15, 0.2) is 36.4 Å². The average molecular weight is 649 g/mol. The molecule has 256 valence electrons. The van der Waals surface area contributed by atoms with Gasteiger partial charge in [-0.3, -0.25) is 0 Å². The van der Waals surface area contributed by atoms with E-state index < -0.39 is 0 Å². The van der Waals surface area contributed by atoms with Crippen LogP contribution >= 0.6 is 0 Å². The molecule has 0 saturated carbocycles. The van der Waals surface area contributed by atoms with Crippen LogP contribution < -0.4 is 0 Å². The van der Waals surface area contributed by atoms with Gasteiger partial charge in [-0.2, -0.15) is 0 Å². The number of hydrogen-bond acceptors (Lipinski definition) is 6. The normalized spacial score (nSPS) is 15.6. The fraction of sp³-hybridized carbons (Fsp3) is 0.550. The Balaban J connectivity index is 1.64. The third-order valence-electron chi connectivity index (χ3n) is 10.1. The topological polar surface area (TPSA) is 55.4 Å². The van der Waals surface area contributed by atoms with Crippen LogP contribution in [-0.2, 0) is 53.3 Å². The van der Waals surface area contributed by atoms with Gasteiger partial charge in [-0.1, -0.05) is 43.7 Å². The Bertz CT molecular complexity index is 1520. The van der Waals surface area contributed by atoms with Crippen molar-refractivity contribution in [3.05, 3.63) is 81.2 Å². The fourth-order valence-corrected chi connectivity index (χ4v) is 7.59. The van der Waals surface area contributed by atoms with Gasteiger partial charge in [0.25, 0.3) is 0 Å². The van der Waals surface area contributed by atoms with Gasteiger partial charge >= 0.3 is 0 Å². The molecule has 2 aliphatic rings. The number of benzene rings is 3. The van der Waals surface area contributed by atoms with E-state index in [0.717, 1.165) is 42.4 Å². The van der Waals surface area contributed by atoms with Crippen molar-refractivity contribution in [1.82, 2.24) is 0 Å². The van der Waals surface area contributed by atoms with E-state index in [4.69, 9.17) is 28.4 Å². The summed E-state index contributed by atoms with van der Waals surface area (Å²) in [6, 6.07) is 13.0. The lowest BCUT2D eigenvalue weighted by Crippen LogP contribution is -2.30. The van der Waals surface area contributed by atoms with Crippen LogP contribution in [0.25, 0.3) is 22.3 Å². The molecule has 2 aliphatic carbocycles. The van der Waals surface area contributed by atoms with Gasteiger partial charge < -0.3 is 28.4 Å². The van der Waals surface area contributed by atoms with Crippen LogP contribution in [0.1, 0.15) is 65.6 Å². The molecule has 6 nitrogen and oxygen atoms in total. The summed E-state index contributed by atoms with van der Waals surface area (Å²) in [7, 11) is 5.07. The molecule has 0 N–H and O–H groups in total. The van der Waals surface area contributed by atoms with Crippen molar-refractivity contribution in [2.75, 3.05) is 74.2 Å². The summed E-state index contributed by atoms with van der Waals surface area (Å²) < 4.78 is 49.2. The minimum Gasteiger partial charge on any atom is -0.382 e. The first kappa shape index (κ1) is 35.7. The van der Waals surface area contributed by atoms with Crippen LogP contribution in [0.3, 0.4) is 0 Å². The number of aryl methyl sites for hydroxylation is 2. The second kappa shape index (κ2) is 15.7. The van der Waals surface area contributed by atoms with Crippen molar-refractivity contribution in [3.63, 3.8) is 0 Å². The Labute approximate surface area is 280 Å². The Morgan fingerprint density at radius 2 is 1.19 bits per heavy atom. The van der Waals surface area contributed by atoms with Crippen molar-refractivity contribution in [2.24, 2.45) is 5.41 Å². The summed E-state index contributed by atoms with van der Waals surface area (Å²) in [5.74, 6) is -0.205. The first-order valence-corrected chi connectivity index (χ1v) is 17.0. The first-order chi connectivity index (χ1) is 22.6. The average Bonchev–Trinajstić information content (AvgIpc) is 3.17. The molecule has 3 aromatic rings. The van der Waals surface area contributed by atoms with E-state index in [-0.39, 0.29) is 16.6 Å². The molecule has 0 saturated heterocycles. The molecule has 0 fully saturated rings. The van der Waals surface area contributed by atoms with Crippen LogP contribution in [0.5, 0.6) is 0 Å². The molecule has 3 aromatic carbocycles. The lowest BCUT2D eigenvalue weighted by atomic mass is 9.71. The zero-order valence-corrected chi connectivity index (χ0v) is 29.5. The summed E-state index contributed by atoms with van der Waals surface area (Å²) >= 11 is 0. The van der Waals surface area contributed by atoms with Gasteiger partial charge in [-0.25, -0.2) is 4.39 Å². The Hall–Kier alpha value is -2.65. The maximum Gasteiger partial charge on any atom is 0.126 e. The quantitative estimate of drug-likeness (QED) is 0.131. The number of hydrogen-bond donors (Lipinski definition) is 0. The summed E-state index contributed by atoms with van der Waals surface area (Å²) in [4.78, 5) is 0. The highest BCUT2D eigenvalue weighted by atomic mass is 19.1. The number of rotatable bonds is 18. The predicted molar refractivity (Wildman–Crippen MR) is 185 cm³/mol. The molecule has 0 unspecified atom stereocenters. The van der Waals surface area contributed by atoms with E-state index in [1.807, 2.05) is 13.0 Å². The van der Waals surface area contributed by atoms with E-state index in [2.05, 4.69) is 45.0 Å². The Morgan fingerprint density at radius 3 is 1.79 bits per heavy atom. The summed E-state index contributed by atoms with van der Waals surface area (Å²) in [5.41, 5.74) is 12.7. The van der Waals surface area contributed by atoms with Crippen molar-refractivity contribution in [1.29, 1.82) is 0 Å². The molecule has 7 heteroatoms. The lowest BCUT2D eigenvalue weighted by Gasteiger charge is -2.35. The predicted octanol–water partition coefficient (Wildman–Crippen LogP) is 7.77. The third-order valence-corrected chi connectivity index (χ3v) is 10.1. The third kappa shape index (κ3) is 7.82. The molecule has 47 heavy (non-hydrogen) atoms. The van der Waals surface area contributed by atoms with Crippen LogP contribution in [0.2, 0.25) is 0 Å². The fourth-order valence-electron chi connectivity index (χ4n) is 7.59. The Morgan fingerprint density at radius 1 is 0.638 bits per heavy atom. The highest BCUT2D eigenvalue weighted by molar-refractivity contribution is 5.89. The van der Waals surface area contributed by atoms with Gasteiger partial charge in [-0.05, 0) is 113 Å². The maximum atomic E-state index is 15.3. The zero-order valence-electron chi connectivity index (χ0n) is 29.5. The Kier molecular flexibility index (Phi) is 11.9. The van der Waals surface area contributed by atoms with E-state index in [0.29, 0.717) is 65.0 Å². The van der Waals surface area contributed by atoms with Crippen molar-refractivity contribution >= 4 is 0 Å². The summed E-state index contributed by atoms with van der Waals surface area (Å²) in [5, 5.41) is 0. The summed E-state index contributed by atoms with van der Waals surface area (Å²) in [6.07, 6.45) is 3.61. The van der Waals surface area contributed by atoms with Crippen LogP contribution in [0, 0.1) is 25.1 Å². The van der Waals surface area contributed by atoms with Gasteiger partial charge in [0.2, 0.25) is 0 Å². The highest BCUT2D eigenvalue weighted by Crippen LogP contribution is 2.57. The smallest absolute Gasteiger partial charge is 0.126 e. The van der Waals surface area contributed by atoms with E-state index in [1.165, 1.54) is 38.9 Å². The molecule has 0 heterocycles. The molecule has 0 spiro atoms. The van der Waals surface area contributed by atoms with Gasteiger partial charge in [0, 0.05) is 40.0 Å². The van der Waals surface area contributed by atoms with Gasteiger partial charge in [-0.15, -0.1) is 0 Å². The largest absolute Gasteiger partial charge is 0.382 e. The lowest BCUT2D eigenvalue weighted by molar-refractivity contribution is 0.0270. The molecular weight excluding hydrogens is 595 g/mol. The standard InChI is InChI=1S/C40H53FO6/c1-27-18-30-24-40(8-10-45-15-12-42-5,9-11-46-16-13-43-6)25-31-21-29(22-35-38(31)37(30)34(19-27)39(35,3)4)33-23-36(41)28(2)20-32(33)26-47-17-14-44-7/h18-23H,8-17,24-26H2,1-7H3. The first-order valence-electron chi connectivity index (χ1n) is 17.0. The van der Waals surface area contributed by atoms with Crippen LogP contribution in [-0.4, -0.2) is 74.2 Å². The zero-order chi connectivity index (χ0) is 33.6. The molecule has 0 aromatic heterocycles. The SMILES string of the molecule is COCCOCCC1(CCOCCOC)Cc2cc(C)cc3c2-c2c(cc(-c4cc(F)c(C)cc4COCCOC)cc2C3(C)C)C1. The highest BCUT2D eigenvalue weighted by Gasteiger charge is 2.44.